The van der Waals surface area contributed by atoms with Gasteiger partial charge in [0.05, 0.1) is 11.0 Å². The summed E-state index contributed by atoms with van der Waals surface area (Å²) in [4.78, 5) is 7.75. The van der Waals surface area contributed by atoms with Crippen LogP contribution in [-0.4, -0.2) is 9.97 Å². The fraction of sp³-hybridized carbons (Fsp3) is 0. The summed E-state index contributed by atoms with van der Waals surface area (Å²) in [7, 11) is 0. The highest BCUT2D eigenvalue weighted by Crippen LogP contribution is 2.49. The van der Waals surface area contributed by atoms with Crippen LogP contribution >= 0.6 is 0 Å². The minimum absolute atomic E-state index is 1.15. The van der Waals surface area contributed by atoms with E-state index in [2.05, 4.69) is 180 Å². The molecular weight excluding hydrogens is 605 g/mol. The van der Waals surface area contributed by atoms with Crippen molar-refractivity contribution in [1.82, 2.24) is 9.97 Å². The van der Waals surface area contributed by atoms with E-state index in [9.17, 15) is 0 Å². The second-order valence-corrected chi connectivity index (χ2v) is 13.4. The summed E-state index contributed by atoms with van der Waals surface area (Å²) in [6, 6.07) is 62.1. The van der Waals surface area contributed by atoms with Gasteiger partial charge in [-0.25, -0.2) is 0 Å². The Morgan fingerprint density at radius 3 is 1.36 bits per heavy atom. The molecule has 11 rings (SSSR count). The molecule has 0 bridgehead atoms. The van der Waals surface area contributed by atoms with Crippen LogP contribution in [0.4, 0.5) is 0 Å². The second kappa shape index (κ2) is 10.4. The first-order chi connectivity index (χ1) is 24.8. The molecule has 2 heterocycles. The third kappa shape index (κ3) is 3.85. The molecule has 0 amide bonds. The fourth-order valence-electron chi connectivity index (χ4n) is 8.57. The summed E-state index contributed by atoms with van der Waals surface area (Å²) in [5.41, 5.74) is 12.0. The zero-order valence-corrected chi connectivity index (χ0v) is 27.2. The van der Waals surface area contributed by atoms with E-state index in [0.717, 1.165) is 22.1 Å². The first-order valence-corrected chi connectivity index (χ1v) is 17.3. The van der Waals surface area contributed by atoms with Crippen LogP contribution in [-0.2, 0) is 0 Å². The van der Waals surface area contributed by atoms with Gasteiger partial charge in [-0.15, -0.1) is 0 Å². The molecule has 0 fully saturated rings. The van der Waals surface area contributed by atoms with Gasteiger partial charge >= 0.3 is 0 Å². The van der Waals surface area contributed by atoms with Gasteiger partial charge in [-0.05, 0) is 78.8 Å². The van der Waals surface area contributed by atoms with E-state index in [0.29, 0.717) is 0 Å². The lowest BCUT2D eigenvalue weighted by atomic mass is 9.84. The topological polar surface area (TPSA) is 31.6 Å². The Labute approximate surface area is 288 Å². The summed E-state index contributed by atoms with van der Waals surface area (Å²) in [6.45, 7) is 0. The van der Waals surface area contributed by atoms with Gasteiger partial charge in [-0.3, -0.25) is 0 Å². The Balaban J connectivity index is 1.28. The molecule has 0 radical (unpaired) electrons. The van der Waals surface area contributed by atoms with Gasteiger partial charge in [0, 0.05) is 43.7 Å². The van der Waals surface area contributed by atoms with Gasteiger partial charge in [0.15, 0.2) is 0 Å². The van der Waals surface area contributed by atoms with Crippen molar-refractivity contribution in [3.8, 4) is 33.4 Å². The van der Waals surface area contributed by atoms with Gasteiger partial charge < -0.3 is 9.97 Å². The smallest absolute Gasteiger partial charge is 0.0566 e. The van der Waals surface area contributed by atoms with Crippen LogP contribution in [0.5, 0.6) is 0 Å². The number of aromatic nitrogens is 2. The molecule has 0 aliphatic carbocycles. The number of H-pyrrole nitrogens is 2. The first-order valence-electron chi connectivity index (χ1n) is 17.3. The van der Waals surface area contributed by atoms with E-state index < -0.39 is 0 Å². The first kappa shape index (κ1) is 27.3. The number of hydrogen-bond donors (Lipinski definition) is 2. The predicted octanol–water partition coefficient (Wildman–Crippen LogP) is 13.4. The number of benzene rings is 9. The van der Waals surface area contributed by atoms with Gasteiger partial charge in [-0.2, -0.15) is 0 Å². The van der Waals surface area contributed by atoms with Crippen LogP contribution in [0.25, 0.3) is 109 Å². The van der Waals surface area contributed by atoms with Crippen molar-refractivity contribution in [2.24, 2.45) is 0 Å². The van der Waals surface area contributed by atoms with Gasteiger partial charge in [-0.1, -0.05) is 146 Å². The molecule has 0 atom stereocenters. The molecule has 0 aliphatic rings. The fourth-order valence-corrected chi connectivity index (χ4v) is 8.57. The third-order valence-corrected chi connectivity index (χ3v) is 10.7. The largest absolute Gasteiger partial charge is 0.354 e. The lowest BCUT2D eigenvalue weighted by Gasteiger charge is -2.19. The number of para-hydroxylation sites is 2. The van der Waals surface area contributed by atoms with Crippen LogP contribution in [0.3, 0.4) is 0 Å². The Morgan fingerprint density at radius 1 is 0.280 bits per heavy atom. The molecule has 2 heteroatoms. The Kier molecular flexibility index (Phi) is 5.70. The summed E-state index contributed by atoms with van der Waals surface area (Å²) < 4.78 is 0. The molecule has 2 N–H and O–H groups in total. The van der Waals surface area contributed by atoms with E-state index >= 15 is 0 Å². The summed E-state index contributed by atoms with van der Waals surface area (Å²) in [6.07, 6.45) is 0. The molecule has 11 aromatic rings. The summed E-state index contributed by atoms with van der Waals surface area (Å²) in [5.74, 6) is 0. The molecule has 0 saturated heterocycles. The molecule has 9 aromatic carbocycles. The number of nitrogens with one attached hydrogen (secondary N) is 2. The molecule has 0 spiro atoms. The van der Waals surface area contributed by atoms with E-state index in [1.54, 1.807) is 0 Å². The van der Waals surface area contributed by atoms with Crippen molar-refractivity contribution in [3.63, 3.8) is 0 Å². The lowest BCUT2D eigenvalue weighted by molar-refractivity contribution is 1.52. The normalized spacial score (nSPS) is 12.0. The highest BCUT2D eigenvalue weighted by Gasteiger charge is 2.23. The van der Waals surface area contributed by atoms with Crippen molar-refractivity contribution < 1.29 is 0 Å². The number of hydrogen-bond acceptors (Lipinski definition) is 0. The predicted molar refractivity (Wildman–Crippen MR) is 214 cm³/mol. The van der Waals surface area contributed by atoms with Crippen molar-refractivity contribution in [2.75, 3.05) is 0 Å². The summed E-state index contributed by atoms with van der Waals surface area (Å²) >= 11 is 0. The zero-order chi connectivity index (χ0) is 32.8. The number of rotatable bonds is 3. The van der Waals surface area contributed by atoms with Crippen molar-refractivity contribution in [3.05, 3.63) is 170 Å². The Hall–Kier alpha value is -6.64. The summed E-state index contributed by atoms with van der Waals surface area (Å²) in [5, 5.41) is 12.5. The lowest BCUT2D eigenvalue weighted by Crippen LogP contribution is -1.93. The second-order valence-electron chi connectivity index (χ2n) is 13.4. The minimum atomic E-state index is 1.15. The van der Waals surface area contributed by atoms with Gasteiger partial charge in [0.2, 0.25) is 0 Å². The minimum Gasteiger partial charge on any atom is -0.354 e. The van der Waals surface area contributed by atoms with Crippen LogP contribution < -0.4 is 0 Å². The molecule has 2 nitrogen and oxygen atoms in total. The van der Waals surface area contributed by atoms with E-state index in [1.807, 2.05) is 0 Å². The monoisotopic (exact) mass is 634 g/mol. The van der Waals surface area contributed by atoms with Crippen molar-refractivity contribution in [2.45, 2.75) is 0 Å². The molecular formula is C48H30N2. The third-order valence-electron chi connectivity index (χ3n) is 10.7. The molecule has 0 saturated carbocycles. The maximum atomic E-state index is 3.88. The molecule has 50 heavy (non-hydrogen) atoms. The maximum absolute atomic E-state index is 3.88. The highest BCUT2D eigenvalue weighted by atomic mass is 14.7. The quantitative estimate of drug-likeness (QED) is 0.181. The van der Waals surface area contributed by atoms with Crippen LogP contribution in [0, 0.1) is 0 Å². The number of fused-ring (bicyclic) bond motifs is 9. The maximum Gasteiger partial charge on any atom is 0.0566 e. The van der Waals surface area contributed by atoms with Crippen LogP contribution in [0.2, 0.25) is 0 Å². The number of aromatic amines is 2. The van der Waals surface area contributed by atoms with Gasteiger partial charge in [0.1, 0.15) is 0 Å². The Morgan fingerprint density at radius 2 is 0.740 bits per heavy atom. The highest BCUT2D eigenvalue weighted by molar-refractivity contribution is 6.31. The zero-order valence-electron chi connectivity index (χ0n) is 27.2. The standard InChI is InChI=1S/C48H30N2/c1-2-17-32-29(13-1)14-12-24-33(32)30-15-11-16-31(27-30)44-36-20-3-5-22-38(36)45(39-23-6-4-21-37(39)44)46-47-40(34-18-7-9-25-42(34)49-47)28-41-35-19-8-10-26-43(35)50-48(41)46/h1-28,49-50H. The average molecular weight is 635 g/mol. The molecule has 2 aromatic heterocycles. The van der Waals surface area contributed by atoms with Crippen molar-refractivity contribution >= 4 is 75.9 Å². The van der Waals surface area contributed by atoms with E-state index in [-0.39, 0.29) is 0 Å². The van der Waals surface area contributed by atoms with E-state index in [1.165, 1.54) is 87.2 Å². The van der Waals surface area contributed by atoms with E-state index in [4.69, 9.17) is 0 Å². The molecule has 0 unspecified atom stereocenters. The molecule has 0 aliphatic heterocycles. The van der Waals surface area contributed by atoms with Crippen LogP contribution in [0.1, 0.15) is 0 Å². The molecule has 232 valence electrons. The van der Waals surface area contributed by atoms with Gasteiger partial charge in [0.25, 0.3) is 0 Å². The Bertz CT molecular complexity index is 3010. The average Bonchev–Trinajstić information content (AvgIpc) is 3.74. The van der Waals surface area contributed by atoms with Crippen molar-refractivity contribution in [1.29, 1.82) is 0 Å². The van der Waals surface area contributed by atoms with Crippen LogP contribution in [0.15, 0.2) is 170 Å². The SMILES string of the molecule is c1cc(-c2cccc3ccccc23)cc(-c2c3ccccc3c(-c3c4[nH]c5ccccc5c4cc4c3[nH]c3ccccc34)c3ccccc23)c1.